The number of hydrogen-bond donors (Lipinski definition) is 8. The predicted octanol–water partition coefficient (Wildman–Crippen LogP) is 5.47. The fourth-order valence-corrected chi connectivity index (χ4v) is 10.8. The summed E-state index contributed by atoms with van der Waals surface area (Å²) < 4.78 is 17.7. The fraction of sp³-hybridized carbons (Fsp3) is 0.672. The lowest BCUT2D eigenvalue weighted by molar-refractivity contribution is -0.148. The largest absolute Gasteiger partial charge is 0.445 e. The molecule has 0 bridgehead atoms. The molecule has 9 N–H and O–H groups in total. The van der Waals surface area contributed by atoms with Crippen molar-refractivity contribution < 1.29 is 57.7 Å². The molecule has 1 aliphatic heterocycles. The summed E-state index contributed by atoms with van der Waals surface area (Å²) in [5.41, 5.74) is 6.89. The Balaban J connectivity index is 1.71. The first-order valence-electron chi connectivity index (χ1n) is 29.4. The molecule has 22 heteroatoms. The smallest absolute Gasteiger partial charge is 0.410 e. The van der Waals surface area contributed by atoms with Gasteiger partial charge in [0, 0.05) is 53.1 Å². The summed E-state index contributed by atoms with van der Waals surface area (Å²) in [6, 6.07) is 9.83. The van der Waals surface area contributed by atoms with Crippen LogP contribution >= 0.6 is 0 Å². The number of ether oxygens (including phenoxy) is 3. The third kappa shape index (κ3) is 21.0. The van der Waals surface area contributed by atoms with Crippen molar-refractivity contribution in [3.05, 3.63) is 65.7 Å². The molecular weight excluding hydrogens is 1060 g/mol. The van der Waals surface area contributed by atoms with Gasteiger partial charge in [-0.3, -0.25) is 33.7 Å². The first kappa shape index (κ1) is 70.9. The molecule has 3 rings (SSSR count). The monoisotopic (exact) mass is 1160 g/mol. The maximum absolute atomic E-state index is 14.8. The lowest BCUT2D eigenvalue weighted by Crippen LogP contribution is -2.60. The first-order chi connectivity index (χ1) is 39.1. The average Bonchev–Trinajstić information content (AvgIpc) is 4.01. The second-order valence-corrected chi connectivity index (χ2v) is 23.6. The van der Waals surface area contributed by atoms with Gasteiger partial charge in [0.25, 0.3) is 0 Å². The Hall–Kier alpha value is -6.36. The molecule has 83 heavy (non-hydrogen) atoms. The number of urea groups is 1. The van der Waals surface area contributed by atoms with Crippen LogP contribution in [0.4, 0.5) is 15.3 Å². The number of likely N-dealkylation sites (tertiary alicyclic amines) is 1. The van der Waals surface area contributed by atoms with Crippen LogP contribution in [-0.4, -0.2) is 169 Å². The van der Waals surface area contributed by atoms with E-state index in [1.54, 1.807) is 80.9 Å². The molecule has 0 spiro atoms. The van der Waals surface area contributed by atoms with Gasteiger partial charge in [-0.2, -0.15) is 0 Å². The first-order valence-corrected chi connectivity index (χ1v) is 29.4. The normalized spacial score (nSPS) is 17.5. The minimum atomic E-state index is -1.05. The second kappa shape index (κ2) is 34.4. The average molecular weight is 1170 g/mol. The van der Waals surface area contributed by atoms with E-state index < -0.39 is 108 Å². The van der Waals surface area contributed by atoms with Crippen molar-refractivity contribution in [2.24, 2.45) is 35.3 Å². The molecular formula is C61H100N10O12. The highest BCUT2D eigenvalue weighted by molar-refractivity contribution is 5.98. The molecule has 1 fully saturated rings. The standard InChI is InChI=1S/C61H100N10O12/c1-17-39(10)52(47(81-15)33-48(72)71-32-22-26-46(71)54(82-16)40(11)55(74)65-41(12)53(73)43-23-19-18-20-24-43)69(13)59(78)50(36(4)5)68-58(77)51(37(6)7)70(14)61(80)83-34-42-27-29-44(30-28-42)66-56(75)45(25-21-31-63-60(62)79)67-57(76)49(35(2)3)64-38(8)9/h18-20,23-24,27-30,35-41,45-47,49-54,64,73H,17,21-22,25-26,31-34H2,1-16H3,(H,65,74)(H,66,75)(H,67,76)(H,68,77)(H3,62,63,79)/t39-,40+,41+,45-,46-,47+,49?,50-,51?,52?,53?,54+/m0/s1. The van der Waals surface area contributed by atoms with Crippen LogP contribution in [0.25, 0.3) is 0 Å². The van der Waals surface area contributed by atoms with E-state index in [0.717, 1.165) is 0 Å². The van der Waals surface area contributed by atoms with Crippen LogP contribution in [-0.2, 0) is 49.6 Å². The van der Waals surface area contributed by atoms with Crippen LogP contribution in [0.3, 0.4) is 0 Å². The summed E-state index contributed by atoms with van der Waals surface area (Å²) in [5, 5.41) is 28.3. The molecule has 0 radical (unpaired) electrons. The minimum absolute atomic E-state index is 0.0193. The summed E-state index contributed by atoms with van der Waals surface area (Å²) in [5.74, 6) is -3.99. The zero-order chi connectivity index (χ0) is 62.4. The lowest BCUT2D eigenvalue weighted by atomic mass is 9.89. The van der Waals surface area contributed by atoms with Crippen LogP contribution < -0.4 is 37.6 Å². The molecule has 0 saturated carbocycles. The van der Waals surface area contributed by atoms with Crippen molar-refractivity contribution in [2.75, 3.05) is 46.7 Å². The van der Waals surface area contributed by atoms with Gasteiger partial charge in [0.15, 0.2) is 0 Å². The van der Waals surface area contributed by atoms with Gasteiger partial charge < -0.3 is 66.8 Å². The van der Waals surface area contributed by atoms with E-state index in [9.17, 15) is 43.5 Å². The number of aliphatic hydroxyl groups excluding tert-OH is 1. The third-order valence-electron chi connectivity index (χ3n) is 15.7. The van der Waals surface area contributed by atoms with Gasteiger partial charge in [-0.25, -0.2) is 9.59 Å². The summed E-state index contributed by atoms with van der Waals surface area (Å²) in [7, 11) is 6.14. The van der Waals surface area contributed by atoms with Crippen molar-refractivity contribution in [3.8, 4) is 0 Å². The van der Waals surface area contributed by atoms with E-state index in [2.05, 4.69) is 31.9 Å². The summed E-state index contributed by atoms with van der Waals surface area (Å²) in [6.07, 6.45) is -0.673. The van der Waals surface area contributed by atoms with E-state index in [4.69, 9.17) is 19.9 Å². The molecule has 12 atom stereocenters. The van der Waals surface area contributed by atoms with Gasteiger partial charge in [-0.15, -0.1) is 0 Å². The SMILES string of the molecule is CC[C@H](C)C([C@@H](CC(=O)N1CCC[C@H]1[C@H](OC)[C@@H](C)C(=O)N[C@H](C)C(O)c1ccccc1)OC)N(C)C(=O)[C@@H](NC(=O)C(C(C)C)N(C)C(=O)OCc1ccc(NC(=O)[C@H](CCCNC(N)=O)NC(=O)C(NC(C)C)C(C)C)cc1)C(C)C. The predicted molar refractivity (Wildman–Crippen MR) is 319 cm³/mol. The topological polar surface area (TPSA) is 292 Å². The number of benzene rings is 2. The number of primary amides is 1. The Morgan fingerprint density at radius 3 is 1.92 bits per heavy atom. The van der Waals surface area contributed by atoms with Crippen molar-refractivity contribution in [1.82, 2.24) is 41.3 Å². The highest BCUT2D eigenvalue weighted by atomic mass is 16.6. The maximum atomic E-state index is 14.8. The number of methoxy groups -OCH3 is 2. The number of nitrogens with one attached hydrogen (secondary N) is 6. The molecule has 2 aromatic carbocycles. The number of nitrogens with zero attached hydrogens (tertiary/aromatic N) is 3. The van der Waals surface area contributed by atoms with E-state index >= 15 is 0 Å². The minimum Gasteiger partial charge on any atom is -0.445 e. The molecule has 1 aliphatic rings. The van der Waals surface area contributed by atoms with Crippen LogP contribution in [0.15, 0.2) is 54.6 Å². The Morgan fingerprint density at radius 1 is 0.747 bits per heavy atom. The van der Waals surface area contributed by atoms with Crippen LogP contribution in [0.5, 0.6) is 0 Å². The summed E-state index contributed by atoms with van der Waals surface area (Å²) >= 11 is 0. The van der Waals surface area contributed by atoms with E-state index in [1.165, 1.54) is 26.2 Å². The highest BCUT2D eigenvalue weighted by Gasteiger charge is 2.44. The number of carbonyl (C=O) groups excluding carboxylic acids is 8. The number of nitrogens with two attached hydrogens (primary N) is 1. The maximum Gasteiger partial charge on any atom is 0.410 e. The number of hydrogen-bond acceptors (Lipinski definition) is 13. The zero-order valence-corrected chi connectivity index (χ0v) is 52.2. The van der Waals surface area contributed by atoms with Crippen molar-refractivity contribution in [3.63, 3.8) is 0 Å². The summed E-state index contributed by atoms with van der Waals surface area (Å²) in [6.45, 7) is 22.8. The molecule has 9 amide bonds. The number of likely N-dealkylation sites (N-methyl/N-ethyl adjacent to an activating group) is 2. The molecule has 1 saturated heterocycles. The molecule has 22 nitrogen and oxygen atoms in total. The Labute approximate surface area is 493 Å². The van der Waals surface area contributed by atoms with Gasteiger partial charge in [0.2, 0.25) is 35.4 Å². The zero-order valence-electron chi connectivity index (χ0n) is 52.2. The quantitative estimate of drug-likeness (QED) is 0.0412. The van der Waals surface area contributed by atoms with E-state index in [-0.39, 0.29) is 61.6 Å². The Kier molecular flexibility index (Phi) is 29.4. The van der Waals surface area contributed by atoms with Gasteiger partial charge in [0.1, 0.15) is 24.7 Å². The fourth-order valence-electron chi connectivity index (χ4n) is 10.8. The molecule has 0 aromatic heterocycles. The molecule has 0 aliphatic carbocycles. The Morgan fingerprint density at radius 2 is 1.37 bits per heavy atom. The van der Waals surface area contributed by atoms with E-state index in [1.807, 2.05) is 73.6 Å². The van der Waals surface area contributed by atoms with Crippen molar-refractivity contribution in [1.29, 1.82) is 0 Å². The third-order valence-corrected chi connectivity index (χ3v) is 15.7. The number of rotatable bonds is 33. The van der Waals surface area contributed by atoms with Gasteiger partial charge in [0.05, 0.1) is 54.8 Å². The van der Waals surface area contributed by atoms with Gasteiger partial charge >= 0.3 is 12.1 Å². The number of aliphatic hydroxyl groups is 1. The molecule has 466 valence electrons. The van der Waals surface area contributed by atoms with Crippen LogP contribution in [0.1, 0.15) is 139 Å². The molecule has 4 unspecified atom stereocenters. The number of anilines is 1. The second-order valence-electron chi connectivity index (χ2n) is 23.6. The lowest BCUT2D eigenvalue weighted by Gasteiger charge is -2.41. The van der Waals surface area contributed by atoms with E-state index in [0.29, 0.717) is 49.0 Å². The molecule has 1 heterocycles. The molecule has 2 aromatic rings. The van der Waals surface area contributed by atoms with Crippen molar-refractivity contribution >= 4 is 53.3 Å². The van der Waals surface area contributed by atoms with Gasteiger partial charge in [-0.1, -0.05) is 125 Å². The van der Waals surface area contributed by atoms with Gasteiger partial charge in [-0.05, 0) is 79.5 Å². The highest BCUT2D eigenvalue weighted by Crippen LogP contribution is 2.30. The van der Waals surface area contributed by atoms with Crippen molar-refractivity contribution in [2.45, 2.75) is 195 Å². The Bertz CT molecular complexity index is 2390. The number of carbonyl (C=O) groups is 8. The summed E-state index contributed by atoms with van der Waals surface area (Å²) in [4.78, 5) is 114. The van der Waals surface area contributed by atoms with Crippen LogP contribution in [0.2, 0.25) is 0 Å². The van der Waals surface area contributed by atoms with Crippen LogP contribution in [0, 0.1) is 29.6 Å². The number of amides is 9.